The Hall–Kier alpha value is -3.72. The average Bonchev–Trinajstić information content (AvgIpc) is 2.83. The Morgan fingerprint density at radius 1 is 1.03 bits per heavy atom. The van der Waals surface area contributed by atoms with Crippen LogP contribution in [0.2, 0.25) is 0 Å². The van der Waals surface area contributed by atoms with Crippen molar-refractivity contribution in [3.8, 4) is 17.2 Å². The van der Waals surface area contributed by atoms with Gasteiger partial charge in [-0.15, -0.1) is 0 Å². The zero-order valence-corrected chi connectivity index (χ0v) is 18.2. The normalized spacial score (nSPS) is 11.0. The number of para-hydroxylation sites is 2. The minimum Gasteiger partial charge on any atom is -0.496 e. The summed E-state index contributed by atoms with van der Waals surface area (Å²) in [7, 11) is 1.49. The number of thioether (sulfide) groups is 1. The van der Waals surface area contributed by atoms with Gasteiger partial charge in [0.25, 0.3) is 5.56 Å². The maximum atomic E-state index is 13.3. The van der Waals surface area contributed by atoms with Gasteiger partial charge >= 0.3 is 6.61 Å². The minimum atomic E-state index is -2.95. The molecule has 0 aliphatic rings. The third kappa shape index (κ3) is 4.88. The van der Waals surface area contributed by atoms with Crippen molar-refractivity contribution in [3.63, 3.8) is 0 Å². The molecule has 0 aliphatic heterocycles. The number of methoxy groups -OCH3 is 1. The number of Topliss-reactive ketones (excluding diaryl/α,β-unsaturated/α-hetero) is 1. The van der Waals surface area contributed by atoms with Gasteiger partial charge in [0.15, 0.2) is 10.9 Å². The van der Waals surface area contributed by atoms with Gasteiger partial charge in [0, 0.05) is 0 Å². The molecule has 0 fully saturated rings. The van der Waals surface area contributed by atoms with E-state index in [2.05, 4.69) is 9.72 Å². The first-order valence-electron chi connectivity index (χ1n) is 9.84. The quantitative estimate of drug-likeness (QED) is 0.207. The van der Waals surface area contributed by atoms with Gasteiger partial charge in [0.05, 0.1) is 35.0 Å². The van der Waals surface area contributed by atoms with Gasteiger partial charge in [-0.3, -0.25) is 14.2 Å². The van der Waals surface area contributed by atoms with E-state index in [0.717, 1.165) is 11.8 Å². The highest BCUT2D eigenvalue weighted by Gasteiger charge is 2.17. The highest BCUT2D eigenvalue weighted by Crippen LogP contribution is 2.26. The summed E-state index contributed by atoms with van der Waals surface area (Å²) in [5.74, 6) is 0.252. The number of hydrogen-bond acceptors (Lipinski definition) is 6. The first kappa shape index (κ1) is 22.5. The van der Waals surface area contributed by atoms with E-state index in [1.165, 1.54) is 35.9 Å². The van der Waals surface area contributed by atoms with E-state index >= 15 is 0 Å². The van der Waals surface area contributed by atoms with Crippen LogP contribution >= 0.6 is 11.8 Å². The second kappa shape index (κ2) is 9.83. The highest BCUT2D eigenvalue weighted by molar-refractivity contribution is 7.99. The van der Waals surface area contributed by atoms with Crippen molar-refractivity contribution in [1.29, 1.82) is 0 Å². The summed E-state index contributed by atoms with van der Waals surface area (Å²) < 4.78 is 36.0. The molecule has 6 nitrogen and oxygen atoms in total. The van der Waals surface area contributed by atoms with Gasteiger partial charge in [-0.05, 0) is 48.5 Å². The molecule has 0 unspecified atom stereocenters. The van der Waals surface area contributed by atoms with E-state index < -0.39 is 6.61 Å². The number of alkyl halides is 2. The molecule has 0 amide bonds. The fourth-order valence-electron chi connectivity index (χ4n) is 3.30. The molecule has 168 valence electrons. The zero-order chi connectivity index (χ0) is 23.4. The molecule has 1 aromatic heterocycles. The van der Waals surface area contributed by atoms with Crippen LogP contribution in [0.5, 0.6) is 11.5 Å². The first-order valence-corrected chi connectivity index (χ1v) is 10.8. The van der Waals surface area contributed by atoms with Crippen molar-refractivity contribution in [3.05, 3.63) is 88.7 Å². The Labute approximate surface area is 191 Å². The second-order valence-corrected chi connectivity index (χ2v) is 7.78. The SMILES string of the molecule is COc1ccccc1C(=O)CSc1nc2ccccc2c(=O)n1-c1ccc(OC(F)F)cc1. The number of carbonyl (C=O) groups excluding carboxylic acids is 1. The summed E-state index contributed by atoms with van der Waals surface area (Å²) in [5.41, 5.74) is 0.988. The summed E-state index contributed by atoms with van der Waals surface area (Å²) in [6.07, 6.45) is 0. The van der Waals surface area contributed by atoms with Gasteiger partial charge in [0.1, 0.15) is 11.5 Å². The molecule has 9 heteroatoms. The van der Waals surface area contributed by atoms with Crippen LogP contribution in [0, 0.1) is 0 Å². The van der Waals surface area contributed by atoms with Crippen LogP contribution in [0.4, 0.5) is 8.78 Å². The maximum absolute atomic E-state index is 13.3. The molecule has 4 rings (SSSR count). The number of rotatable bonds is 8. The Morgan fingerprint density at radius 3 is 2.45 bits per heavy atom. The van der Waals surface area contributed by atoms with Crippen LogP contribution in [-0.2, 0) is 0 Å². The summed E-state index contributed by atoms with van der Waals surface area (Å²) in [6, 6.07) is 19.4. The van der Waals surface area contributed by atoms with E-state index in [9.17, 15) is 18.4 Å². The van der Waals surface area contributed by atoms with Crippen LogP contribution in [0.3, 0.4) is 0 Å². The molecule has 0 spiro atoms. The second-order valence-electron chi connectivity index (χ2n) is 6.84. The Balaban J connectivity index is 1.72. The Morgan fingerprint density at radius 2 is 1.73 bits per heavy atom. The molecule has 0 aliphatic carbocycles. The number of aromatic nitrogens is 2. The van der Waals surface area contributed by atoms with Crippen molar-refractivity contribution in [1.82, 2.24) is 9.55 Å². The van der Waals surface area contributed by atoms with Crippen LogP contribution < -0.4 is 15.0 Å². The molecule has 0 saturated heterocycles. The average molecular weight is 468 g/mol. The number of carbonyl (C=O) groups is 1. The molecule has 3 aromatic carbocycles. The number of nitrogens with zero attached hydrogens (tertiary/aromatic N) is 2. The molecule has 0 atom stereocenters. The van der Waals surface area contributed by atoms with Crippen molar-refractivity contribution in [2.24, 2.45) is 0 Å². The predicted octanol–water partition coefficient (Wildman–Crippen LogP) is 4.97. The summed E-state index contributed by atoms with van der Waals surface area (Å²) in [5, 5.41) is 0.690. The third-order valence-electron chi connectivity index (χ3n) is 4.80. The lowest BCUT2D eigenvalue weighted by atomic mass is 10.1. The molecular formula is C24H18F2N2O4S. The highest BCUT2D eigenvalue weighted by atomic mass is 32.2. The maximum Gasteiger partial charge on any atom is 0.387 e. The van der Waals surface area contributed by atoms with E-state index in [0.29, 0.717) is 33.1 Å². The number of ether oxygens (including phenoxy) is 2. The number of hydrogen-bond donors (Lipinski definition) is 0. The van der Waals surface area contributed by atoms with Crippen LogP contribution in [-0.4, -0.2) is 34.8 Å². The first-order chi connectivity index (χ1) is 16.0. The summed E-state index contributed by atoms with van der Waals surface area (Å²) in [4.78, 5) is 30.7. The lowest BCUT2D eigenvalue weighted by Crippen LogP contribution is -2.22. The van der Waals surface area contributed by atoms with Gasteiger partial charge in [-0.2, -0.15) is 8.78 Å². The fourth-order valence-corrected chi connectivity index (χ4v) is 4.19. The fraction of sp³-hybridized carbons (Fsp3) is 0.125. The van der Waals surface area contributed by atoms with E-state index in [-0.39, 0.29) is 22.8 Å². The van der Waals surface area contributed by atoms with Gasteiger partial charge in [0.2, 0.25) is 0 Å². The molecule has 0 N–H and O–H groups in total. The molecule has 0 saturated carbocycles. The lowest BCUT2D eigenvalue weighted by molar-refractivity contribution is -0.0498. The van der Waals surface area contributed by atoms with E-state index in [4.69, 9.17) is 4.74 Å². The molecule has 0 bridgehead atoms. The van der Waals surface area contributed by atoms with Crippen LogP contribution in [0.25, 0.3) is 16.6 Å². The molecular weight excluding hydrogens is 450 g/mol. The van der Waals surface area contributed by atoms with Crippen LogP contribution in [0.15, 0.2) is 82.7 Å². The zero-order valence-electron chi connectivity index (χ0n) is 17.4. The minimum absolute atomic E-state index is 0.0116. The molecule has 4 aromatic rings. The number of benzene rings is 3. The van der Waals surface area contributed by atoms with Crippen molar-refractivity contribution >= 4 is 28.4 Å². The number of fused-ring (bicyclic) bond motifs is 1. The summed E-state index contributed by atoms with van der Waals surface area (Å²) in [6.45, 7) is -2.95. The van der Waals surface area contributed by atoms with Gasteiger partial charge < -0.3 is 9.47 Å². The standard InChI is InChI=1S/C24H18F2N2O4S/c1-31-21-9-5-3-7-18(21)20(29)14-33-24-27-19-8-4-2-6-17(19)22(30)28(24)15-10-12-16(13-11-15)32-23(25)26/h2-13,23H,14H2,1H3. The third-order valence-corrected chi connectivity index (χ3v) is 5.74. The monoisotopic (exact) mass is 468 g/mol. The topological polar surface area (TPSA) is 70.4 Å². The van der Waals surface area contributed by atoms with Gasteiger partial charge in [-0.25, -0.2) is 4.98 Å². The molecule has 33 heavy (non-hydrogen) atoms. The van der Waals surface area contributed by atoms with E-state index in [1.807, 2.05) is 0 Å². The molecule has 0 radical (unpaired) electrons. The largest absolute Gasteiger partial charge is 0.496 e. The predicted molar refractivity (Wildman–Crippen MR) is 122 cm³/mol. The van der Waals surface area contributed by atoms with Crippen molar-refractivity contribution < 1.29 is 23.0 Å². The number of ketones is 1. The molecule has 1 heterocycles. The smallest absolute Gasteiger partial charge is 0.387 e. The van der Waals surface area contributed by atoms with Gasteiger partial charge in [-0.1, -0.05) is 36.0 Å². The summed E-state index contributed by atoms with van der Waals surface area (Å²) >= 11 is 1.10. The Kier molecular flexibility index (Phi) is 6.69. The lowest BCUT2D eigenvalue weighted by Gasteiger charge is -2.14. The van der Waals surface area contributed by atoms with Crippen molar-refractivity contribution in [2.75, 3.05) is 12.9 Å². The number of halogens is 2. The van der Waals surface area contributed by atoms with E-state index in [1.54, 1.807) is 48.5 Å². The van der Waals surface area contributed by atoms with Crippen molar-refractivity contribution in [2.45, 2.75) is 11.8 Å². The van der Waals surface area contributed by atoms with Crippen LogP contribution in [0.1, 0.15) is 10.4 Å². The Bertz CT molecular complexity index is 1360.